The van der Waals surface area contributed by atoms with Crippen LogP contribution in [0.25, 0.3) is 0 Å². The van der Waals surface area contributed by atoms with Crippen LogP contribution < -0.4 is 0 Å². The van der Waals surface area contributed by atoms with Gasteiger partial charge in [0, 0.05) is 19.8 Å². The molecule has 0 saturated carbocycles. The number of carboxylic acid groups (broad SMARTS) is 1. The lowest BCUT2D eigenvalue weighted by atomic mass is 10.4. The van der Waals surface area contributed by atoms with Crippen molar-refractivity contribution in [2.45, 2.75) is 37.9 Å². The highest BCUT2D eigenvalue weighted by Crippen LogP contribution is 2.13. The van der Waals surface area contributed by atoms with E-state index in [-0.39, 0.29) is 5.75 Å². The minimum atomic E-state index is -0.877. The van der Waals surface area contributed by atoms with Gasteiger partial charge in [-0.3, -0.25) is 4.79 Å². The zero-order chi connectivity index (χ0) is 13.2. The molecule has 0 radical (unpaired) electrons. The van der Waals surface area contributed by atoms with E-state index in [1.54, 1.807) is 4.68 Å². The van der Waals surface area contributed by atoms with Gasteiger partial charge in [0.15, 0.2) is 0 Å². The Morgan fingerprint density at radius 2 is 2.22 bits per heavy atom. The van der Waals surface area contributed by atoms with Crippen molar-refractivity contribution in [3.8, 4) is 0 Å². The number of tetrazole rings is 1. The van der Waals surface area contributed by atoms with E-state index < -0.39 is 5.97 Å². The fraction of sp³-hybridized carbons (Fsp3) is 0.800. The van der Waals surface area contributed by atoms with Crippen molar-refractivity contribution in [1.82, 2.24) is 20.2 Å². The van der Waals surface area contributed by atoms with Crippen LogP contribution in [0.3, 0.4) is 0 Å². The minimum absolute atomic E-state index is 0.0344. The minimum Gasteiger partial charge on any atom is -0.481 e. The van der Waals surface area contributed by atoms with Crippen LogP contribution in [0.4, 0.5) is 0 Å². The maximum Gasteiger partial charge on any atom is 0.313 e. The molecule has 7 nitrogen and oxygen atoms in total. The molecule has 0 saturated heterocycles. The molecule has 0 bridgehead atoms. The summed E-state index contributed by atoms with van der Waals surface area (Å²) in [7, 11) is 0. The first-order valence-corrected chi connectivity index (χ1v) is 6.91. The molecule has 1 heterocycles. The fourth-order valence-electron chi connectivity index (χ4n) is 1.23. The molecule has 0 aliphatic rings. The number of hydrogen-bond donors (Lipinski definition) is 1. The number of carboxylic acids is 1. The first-order chi connectivity index (χ1) is 8.74. The zero-order valence-corrected chi connectivity index (χ0v) is 11.2. The molecule has 1 rings (SSSR count). The summed E-state index contributed by atoms with van der Waals surface area (Å²) in [5.74, 6) is -0.912. The van der Waals surface area contributed by atoms with E-state index >= 15 is 0 Å². The number of aliphatic carboxylic acids is 1. The molecular formula is C10H18N4O3S. The van der Waals surface area contributed by atoms with E-state index in [0.717, 1.165) is 37.6 Å². The number of nitrogens with zero attached hydrogens (tertiary/aromatic N) is 4. The van der Waals surface area contributed by atoms with Gasteiger partial charge in [0.2, 0.25) is 5.16 Å². The Morgan fingerprint density at radius 3 is 2.94 bits per heavy atom. The molecule has 102 valence electrons. The maximum absolute atomic E-state index is 10.4. The number of hydrogen-bond acceptors (Lipinski definition) is 6. The van der Waals surface area contributed by atoms with Crippen LogP contribution in [-0.2, 0) is 16.1 Å². The van der Waals surface area contributed by atoms with Crippen LogP contribution >= 0.6 is 11.8 Å². The first kappa shape index (κ1) is 14.9. The number of unbranched alkanes of at least 4 members (excludes halogenated alkanes) is 1. The number of carbonyl (C=O) groups is 1. The summed E-state index contributed by atoms with van der Waals surface area (Å²) in [5, 5.41) is 20.2. The number of aromatic nitrogens is 4. The number of thioether (sulfide) groups is 1. The monoisotopic (exact) mass is 274 g/mol. The van der Waals surface area contributed by atoms with Gasteiger partial charge in [-0.05, 0) is 23.3 Å². The Morgan fingerprint density at radius 1 is 1.44 bits per heavy atom. The van der Waals surface area contributed by atoms with Crippen molar-refractivity contribution in [2.24, 2.45) is 0 Å². The van der Waals surface area contributed by atoms with Crippen LogP contribution in [-0.4, -0.2) is 50.2 Å². The molecule has 18 heavy (non-hydrogen) atoms. The van der Waals surface area contributed by atoms with Crippen molar-refractivity contribution in [3.63, 3.8) is 0 Å². The molecule has 0 aromatic carbocycles. The highest BCUT2D eigenvalue weighted by molar-refractivity contribution is 7.99. The molecular weight excluding hydrogens is 256 g/mol. The predicted molar refractivity (Wildman–Crippen MR) is 66.5 cm³/mol. The lowest BCUT2D eigenvalue weighted by Gasteiger charge is -2.04. The summed E-state index contributed by atoms with van der Waals surface area (Å²) in [6.07, 6.45) is 3.02. The third kappa shape index (κ3) is 5.97. The summed E-state index contributed by atoms with van der Waals surface area (Å²) in [5.41, 5.74) is 0. The van der Waals surface area contributed by atoms with Gasteiger partial charge in [0.1, 0.15) is 0 Å². The molecule has 1 aromatic heterocycles. The van der Waals surface area contributed by atoms with E-state index in [9.17, 15) is 4.79 Å². The van der Waals surface area contributed by atoms with E-state index in [2.05, 4.69) is 22.4 Å². The van der Waals surface area contributed by atoms with Gasteiger partial charge in [0.05, 0.1) is 5.75 Å². The van der Waals surface area contributed by atoms with Crippen LogP contribution in [0.1, 0.15) is 26.2 Å². The lowest BCUT2D eigenvalue weighted by molar-refractivity contribution is -0.133. The summed E-state index contributed by atoms with van der Waals surface area (Å²) in [6.45, 7) is 4.22. The van der Waals surface area contributed by atoms with Crippen molar-refractivity contribution in [3.05, 3.63) is 0 Å². The molecule has 1 aromatic rings. The molecule has 8 heteroatoms. The van der Waals surface area contributed by atoms with Crippen LogP contribution in [0.5, 0.6) is 0 Å². The summed E-state index contributed by atoms with van der Waals surface area (Å²) in [6, 6.07) is 0. The molecule has 0 amide bonds. The number of rotatable bonds is 10. The molecule has 0 fully saturated rings. The van der Waals surface area contributed by atoms with Crippen molar-refractivity contribution >= 4 is 17.7 Å². The van der Waals surface area contributed by atoms with Crippen LogP contribution in [0.2, 0.25) is 0 Å². The first-order valence-electron chi connectivity index (χ1n) is 5.92. The molecule has 0 aliphatic carbocycles. The van der Waals surface area contributed by atoms with Gasteiger partial charge < -0.3 is 9.84 Å². The van der Waals surface area contributed by atoms with Gasteiger partial charge >= 0.3 is 5.97 Å². The molecule has 0 atom stereocenters. The van der Waals surface area contributed by atoms with E-state index in [1.165, 1.54) is 0 Å². The zero-order valence-electron chi connectivity index (χ0n) is 10.4. The van der Waals surface area contributed by atoms with E-state index in [1.807, 2.05) is 0 Å². The Balaban J connectivity index is 2.21. The average Bonchev–Trinajstić information content (AvgIpc) is 2.78. The second-order valence-corrected chi connectivity index (χ2v) is 4.63. The van der Waals surface area contributed by atoms with Crippen molar-refractivity contribution < 1.29 is 14.6 Å². The number of ether oxygens (including phenoxy) is 1. The summed E-state index contributed by atoms with van der Waals surface area (Å²) in [4.78, 5) is 10.4. The SMILES string of the molecule is CCCCOCCCn1nnnc1SCC(=O)O. The Bertz CT molecular complexity index is 359. The lowest BCUT2D eigenvalue weighted by Crippen LogP contribution is -2.07. The normalized spacial score (nSPS) is 10.7. The molecule has 0 unspecified atom stereocenters. The van der Waals surface area contributed by atoms with E-state index in [4.69, 9.17) is 9.84 Å². The smallest absolute Gasteiger partial charge is 0.313 e. The van der Waals surface area contributed by atoms with Crippen molar-refractivity contribution in [1.29, 1.82) is 0 Å². The van der Waals surface area contributed by atoms with Gasteiger partial charge in [0.25, 0.3) is 0 Å². The third-order valence-corrected chi connectivity index (χ3v) is 3.07. The maximum atomic E-state index is 10.4. The molecule has 0 aliphatic heterocycles. The number of aryl methyl sites for hydroxylation is 1. The largest absolute Gasteiger partial charge is 0.481 e. The topological polar surface area (TPSA) is 90.1 Å². The van der Waals surface area contributed by atoms with Crippen molar-refractivity contribution in [2.75, 3.05) is 19.0 Å². The van der Waals surface area contributed by atoms with Gasteiger partial charge in [-0.1, -0.05) is 25.1 Å². The second-order valence-electron chi connectivity index (χ2n) is 3.69. The fourth-order valence-corrected chi connectivity index (χ4v) is 1.85. The highest BCUT2D eigenvalue weighted by atomic mass is 32.2. The Hall–Kier alpha value is -1.15. The van der Waals surface area contributed by atoms with Gasteiger partial charge in [-0.25, -0.2) is 4.68 Å². The van der Waals surface area contributed by atoms with Gasteiger partial charge in [-0.2, -0.15) is 0 Å². The van der Waals surface area contributed by atoms with Gasteiger partial charge in [-0.15, -0.1) is 5.10 Å². The summed E-state index contributed by atoms with van der Waals surface area (Å²) < 4.78 is 7.04. The highest BCUT2D eigenvalue weighted by Gasteiger charge is 2.08. The summed E-state index contributed by atoms with van der Waals surface area (Å²) >= 11 is 1.12. The molecule has 0 spiro atoms. The standard InChI is InChI=1S/C10H18N4O3S/c1-2-3-6-17-7-4-5-14-10(11-12-13-14)18-8-9(15)16/h2-8H2,1H3,(H,15,16). The molecule has 1 N–H and O–H groups in total. The third-order valence-electron chi connectivity index (χ3n) is 2.12. The second kappa shape index (κ2) is 8.87. The van der Waals surface area contributed by atoms with Crippen LogP contribution in [0, 0.1) is 0 Å². The average molecular weight is 274 g/mol. The van der Waals surface area contributed by atoms with Crippen LogP contribution in [0.15, 0.2) is 5.16 Å². The quantitative estimate of drug-likeness (QED) is 0.504. The van der Waals surface area contributed by atoms with E-state index in [0.29, 0.717) is 18.3 Å². The Labute approximate surface area is 110 Å². The Kier molecular flexibility index (Phi) is 7.35. The predicted octanol–water partition coefficient (Wildman–Crippen LogP) is 1.06.